The van der Waals surface area contributed by atoms with E-state index in [9.17, 15) is 0 Å². The van der Waals surface area contributed by atoms with Crippen molar-refractivity contribution >= 4 is 17.0 Å². The number of benzene rings is 1. The van der Waals surface area contributed by atoms with Gasteiger partial charge in [0.1, 0.15) is 17.9 Å². The predicted molar refractivity (Wildman–Crippen MR) is 109 cm³/mol. The lowest BCUT2D eigenvalue weighted by Gasteiger charge is -2.25. The van der Waals surface area contributed by atoms with E-state index in [4.69, 9.17) is 19.9 Å². The largest absolute Gasteiger partial charge is 0.382 e. The first-order chi connectivity index (χ1) is 14.5. The lowest BCUT2D eigenvalue weighted by atomic mass is 10.0. The first-order valence-electron chi connectivity index (χ1n) is 10.4. The first-order valence-corrected chi connectivity index (χ1v) is 10.4. The van der Waals surface area contributed by atoms with Gasteiger partial charge in [-0.05, 0) is 31.7 Å². The summed E-state index contributed by atoms with van der Waals surface area (Å²) in [4.78, 5) is 13.0. The average Bonchev–Trinajstić information content (AvgIpc) is 3.01. The third kappa shape index (κ3) is 2.54. The number of fused-ring (bicyclic) bond motifs is 4. The molecule has 0 unspecified atom stereocenters. The highest BCUT2D eigenvalue weighted by Crippen LogP contribution is 2.68. The van der Waals surface area contributed by atoms with Crippen LogP contribution in [0.25, 0.3) is 11.2 Å². The van der Waals surface area contributed by atoms with Crippen LogP contribution in [0.3, 0.4) is 0 Å². The number of ether oxygens (including phenoxy) is 3. The van der Waals surface area contributed by atoms with Crippen molar-refractivity contribution in [2.24, 2.45) is 11.8 Å². The first kappa shape index (κ1) is 18.2. The Balaban J connectivity index is 1.31. The second kappa shape index (κ2) is 6.23. The van der Waals surface area contributed by atoms with Crippen molar-refractivity contribution in [1.29, 1.82) is 0 Å². The smallest absolute Gasteiger partial charge is 0.166 e. The standard InChI is InChI=1S/C22H25N5O3/c1-21(2)29-17-14(10-28-9-13-6-4-3-5-7-13)15-8-22(15,18(17)30-21)27-12-26-16-19(23)24-11-25-20(16)27/h3-7,11-12,14-15,17-18H,8-10H2,1-2H3,(H2,23,24,25)/t14-,15-,17+,18+,22+/m0/s1. The second-order valence-electron chi connectivity index (χ2n) is 9.03. The van der Waals surface area contributed by atoms with Crippen LogP contribution in [-0.2, 0) is 26.4 Å². The van der Waals surface area contributed by atoms with Gasteiger partial charge in [0.2, 0.25) is 0 Å². The fourth-order valence-corrected chi connectivity index (χ4v) is 5.53. The van der Waals surface area contributed by atoms with Crippen LogP contribution in [0.5, 0.6) is 0 Å². The molecule has 2 N–H and O–H groups in total. The summed E-state index contributed by atoms with van der Waals surface area (Å²) in [5.74, 6) is 0.400. The van der Waals surface area contributed by atoms with Crippen molar-refractivity contribution in [3.63, 3.8) is 0 Å². The Morgan fingerprint density at radius 1 is 1.17 bits per heavy atom. The van der Waals surface area contributed by atoms with Gasteiger partial charge in [-0.25, -0.2) is 15.0 Å². The highest BCUT2D eigenvalue weighted by Gasteiger charge is 2.76. The van der Waals surface area contributed by atoms with E-state index >= 15 is 0 Å². The molecule has 30 heavy (non-hydrogen) atoms. The molecule has 8 heteroatoms. The lowest BCUT2D eigenvalue weighted by Crippen LogP contribution is -2.37. The zero-order valence-corrected chi connectivity index (χ0v) is 17.1. The molecule has 3 aliphatic rings. The maximum atomic E-state index is 6.43. The molecular formula is C22H25N5O3. The molecule has 3 aromatic rings. The van der Waals surface area contributed by atoms with Crippen LogP contribution in [-0.4, -0.2) is 44.1 Å². The minimum absolute atomic E-state index is 0.0221. The molecule has 8 nitrogen and oxygen atoms in total. The molecule has 2 aromatic heterocycles. The van der Waals surface area contributed by atoms with Gasteiger partial charge in [0.25, 0.3) is 0 Å². The number of nitrogen functional groups attached to an aromatic ring is 1. The monoisotopic (exact) mass is 407 g/mol. The van der Waals surface area contributed by atoms with Crippen molar-refractivity contribution in [3.05, 3.63) is 48.5 Å². The van der Waals surface area contributed by atoms with E-state index in [0.717, 1.165) is 12.1 Å². The summed E-state index contributed by atoms with van der Waals surface area (Å²) in [6.45, 7) is 5.18. The number of anilines is 1. The van der Waals surface area contributed by atoms with Gasteiger partial charge < -0.3 is 24.5 Å². The Bertz CT molecular complexity index is 1100. The minimum Gasteiger partial charge on any atom is -0.382 e. The summed E-state index contributed by atoms with van der Waals surface area (Å²) >= 11 is 0. The summed E-state index contributed by atoms with van der Waals surface area (Å²) in [5.41, 5.74) is 8.35. The third-order valence-corrected chi connectivity index (χ3v) is 6.82. The second-order valence-corrected chi connectivity index (χ2v) is 9.03. The average molecular weight is 407 g/mol. The Hall–Kier alpha value is -2.55. The van der Waals surface area contributed by atoms with Crippen molar-refractivity contribution in [3.8, 4) is 0 Å². The van der Waals surface area contributed by atoms with E-state index in [1.807, 2.05) is 38.4 Å². The van der Waals surface area contributed by atoms with Gasteiger partial charge in [-0.3, -0.25) is 0 Å². The molecule has 1 aliphatic heterocycles. The van der Waals surface area contributed by atoms with E-state index in [2.05, 4.69) is 31.7 Å². The molecule has 2 saturated carbocycles. The molecule has 0 spiro atoms. The summed E-state index contributed by atoms with van der Waals surface area (Å²) < 4.78 is 21.1. The van der Waals surface area contributed by atoms with Crippen LogP contribution in [0, 0.1) is 11.8 Å². The van der Waals surface area contributed by atoms with Gasteiger partial charge in [0, 0.05) is 5.92 Å². The maximum absolute atomic E-state index is 6.43. The normalized spacial score (nSPS) is 33.5. The molecule has 0 radical (unpaired) electrons. The van der Waals surface area contributed by atoms with Gasteiger partial charge in [0.15, 0.2) is 17.3 Å². The minimum atomic E-state index is -0.627. The van der Waals surface area contributed by atoms with Crippen LogP contribution < -0.4 is 5.73 Å². The maximum Gasteiger partial charge on any atom is 0.166 e. The summed E-state index contributed by atoms with van der Waals surface area (Å²) in [5, 5.41) is 0. The quantitative estimate of drug-likeness (QED) is 0.694. The summed E-state index contributed by atoms with van der Waals surface area (Å²) in [6.07, 6.45) is 4.21. The number of hydrogen-bond donors (Lipinski definition) is 1. The molecule has 1 aromatic carbocycles. The number of rotatable bonds is 5. The summed E-state index contributed by atoms with van der Waals surface area (Å²) in [6, 6.07) is 10.2. The van der Waals surface area contributed by atoms with E-state index in [1.54, 1.807) is 0 Å². The molecular weight excluding hydrogens is 382 g/mol. The van der Waals surface area contributed by atoms with Crippen LogP contribution in [0.1, 0.15) is 25.8 Å². The van der Waals surface area contributed by atoms with Gasteiger partial charge in [0.05, 0.1) is 31.2 Å². The molecule has 156 valence electrons. The zero-order valence-electron chi connectivity index (χ0n) is 17.1. The van der Waals surface area contributed by atoms with Gasteiger partial charge >= 0.3 is 0 Å². The summed E-state index contributed by atoms with van der Waals surface area (Å²) in [7, 11) is 0. The van der Waals surface area contributed by atoms with Crippen molar-refractivity contribution in [2.75, 3.05) is 12.3 Å². The van der Waals surface area contributed by atoms with Gasteiger partial charge in [-0.1, -0.05) is 30.3 Å². The zero-order chi connectivity index (χ0) is 20.5. The molecule has 0 bridgehead atoms. The molecule has 0 amide bonds. The predicted octanol–water partition coefficient (Wildman–Crippen LogP) is 2.49. The number of hydrogen-bond acceptors (Lipinski definition) is 7. The van der Waals surface area contributed by atoms with Gasteiger partial charge in [-0.15, -0.1) is 0 Å². The van der Waals surface area contributed by atoms with Crippen LogP contribution in [0.15, 0.2) is 43.0 Å². The van der Waals surface area contributed by atoms with Crippen molar-refractivity contribution in [2.45, 2.75) is 50.4 Å². The van der Waals surface area contributed by atoms with E-state index in [1.165, 1.54) is 11.9 Å². The molecule has 3 heterocycles. The number of aromatic nitrogens is 4. The highest BCUT2D eigenvalue weighted by atomic mass is 16.8. The molecule has 2 aliphatic carbocycles. The molecule has 1 saturated heterocycles. The third-order valence-electron chi connectivity index (χ3n) is 6.82. The van der Waals surface area contributed by atoms with Gasteiger partial charge in [-0.2, -0.15) is 0 Å². The number of nitrogens with zero attached hydrogens (tertiary/aromatic N) is 4. The van der Waals surface area contributed by atoms with Crippen LogP contribution in [0.4, 0.5) is 5.82 Å². The Morgan fingerprint density at radius 2 is 2.00 bits per heavy atom. The van der Waals surface area contributed by atoms with Crippen molar-refractivity contribution in [1.82, 2.24) is 19.5 Å². The lowest BCUT2D eigenvalue weighted by molar-refractivity contribution is -0.163. The van der Waals surface area contributed by atoms with E-state index in [-0.39, 0.29) is 23.7 Å². The van der Waals surface area contributed by atoms with Crippen LogP contribution in [0.2, 0.25) is 0 Å². The van der Waals surface area contributed by atoms with E-state index in [0.29, 0.717) is 30.5 Å². The Labute approximate surface area is 174 Å². The highest BCUT2D eigenvalue weighted by molar-refractivity contribution is 5.81. The Kier molecular flexibility index (Phi) is 3.79. The number of imidazole rings is 1. The topological polar surface area (TPSA) is 97.3 Å². The number of nitrogens with two attached hydrogens (primary N) is 1. The fraction of sp³-hybridized carbons (Fsp3) is 0.500. The molecule has 5 atom stereocenters. The molecule has 3 fully saturated rings. The Morgan fingerprint density at radius 3 is 2.83 bits per heavy atom. The fourth-order valence-electron chi connectivity index (χ4n) is 5.53. The van der Waals surface area contributed by atoms with Crippen LogP contribution >= 0.6 is 0 Å². The van der Waals surface area contributed by atoms with Crippen molar-refractivity contribution < 1.29 is 14.2 Å². The SMILES string of the molecule is CC1(C)O[C@@H]2[C@@H](COCc3ccccc3)[C@@H]3C[C@]3(n3cnc4c(N)ncnc43)[C@@H]2O1. The van der Waals surface area contributed by atoms with E-state index < -0.39 is 5.79 Å². The molecule has 6 rings (SSSR count).